The Morgan fingerprint density at radius 2 is 2.35 bits per heavy atom. The maximum atomic E-state index is 14.1. The Kier molecular flexibility index (Phi) is 4.36. The number of rotatable bonds is 4. The summed E-state index contributed by atoms with van der Waals surface area (Å²) in [6.45, 7) is 3.69. The van der Waals surface area contributed by atoms with Gasteiger partial charge in [0.2, 0.25) is 0 Å². The van der Waals surface area contributed by atoms with Crippen molar-refractivity contribution in [3.8, 4) is 0 Å². The molecular formula is C12H18FN3O4. The van der Waals surface area contributed by atoms with Gasteiger partial charge in [0.15, 0.2) is 12.4 Å². The number of nitrogen functional groups attached to an aromatic ring is 1. The van der Waals surface area contributed by atoms with E-state index in [4.69, 9.17) is 15.2 Å². The molecule has 2 heterocycles. The molecule has 1 aliphatic rings. The number of aromatic nitrogens is 2. The van der Waals surface area contributed by atoms with Crippen molar-refractivity contribution in [3.63, 3.8) is 0 Å². The van der Waals surface area contributed by atoms with Crippen LogP contribution < -0.4 is 11.4 Å². The summed E-state index contributed by atoms with van der Waals surface area (Å²) in [5.74, 6) is 0.0416. The Labute approximate surface area is 115 Å². The largest absolute Gasteiger partial charge is 0.387 e. The molecule has 20 heavy (non-hydrogen) atoms. The smallest absolute Gasteiger partial charge is 0.351 e. The first-order valence-corrected chi connectivity index (χ1v) is 6.34. The highest BCUT2D eigenvalue weighted by atomic mass is 19.1. The fourth-order valence-electron chi connectivity index (χ4n) is 1.97. The molecule has 1 aromatic rings. The third-order valence-electron chi connectivity index (χ3n) is 3.01. The minimum absolute atomic E-state index is 0.0416. The maximum absolute atomic E-state index is 14.1. The number of alkyl halides is 1. The molecule has 3 N–H and O–H groups in total. The molecule has 4 atom stereocenters. The predicted molar refractivity (Wildman–Crippen MR) is 68.8 cm³/mol. The lowest BCUT2D eigenvalue weighted by Crippen LogP contribution is -2.34. The standard InChI is InChI=1S/C12H18FN3O4/c1-6(2)19-5-7-10(17)9(13)11(20-7)16-4-3-8(14)15-12(16)18/h3-4,6-7,9-11,17H,5H2,1-2H3,(H2,14,15,18)/t7-,9-,10-,11-/m1/s1. The van der Waals surface area contributed by atoms with Crippen LogP contribution in [-0.4, -0.2) is 45.7 Å². The van der Waals surface area contributed by atoms with Gasteiger partial charge in [0.1, 0.15) is 18.0 Å². The maximum Gasteiger partial charge on any atom is 0.351 e. The molecule has 1 aliphatic heterocycles. The molecule has 0 unspecified atom stereocenters. The summed E-state index contributed by atoms with van der Waals surface area (Å²) in [7, 11) is 0. The molecule has 0 saturated carbocycles. The Balaban J connectivity index is 2.15. The molecular weight excluding hydrogens is 269 g/mol. The molecule has 7 nitrogen and oxygen atoms in total. The topological polar surface area (TPSA) is 99.6 Å². The van der Waals surface area contributed by atoms with Crippen LogP contribution in [0.25, 0.3) is 0 Å². The lowest BCUT2D eigenvalue weighted by Gasteiger charge is -2.16. The minimum atomic E-state index is -1.74. The lowest BCUT2D eigenvalue weighted by molar-refractivity contribution is -0.0759. The quantitative estimate of drug-likeness (QED) is 0.798. The van der Waals surface area contributed by atoms with Gasteiger partial charge in [0, 0.05) is 6.20 Å². The molecule has 2 rings (SSSR count). The zero-order valence-corrected chi connectivity index (χ0v) is 11.3. The average Bonchev–Trinajstić information content (AvgIpc) is 2.64. The van der Waals surface area contributed by atoms with E-state index in [1.165, 1.54) is 12.3 Å². The van der Waals surface area contributed by atoms with Crippen LogP contribution in [0.4, 0.5) is 10.2 Å². The summed E-state index contributed by atoms with van der Waals surface area (Å²) in [5, 5.41) is 9.81. The fourth-order valence-corrected chi connectivity index (χ4v) is 1.97. The van der Waals surface area contributed by atoms with E-state index in [0.29, 0.717) is 0 Å². The minimum Gasteiger partial charge on any atom is -0.387 e. The zero-order chi connectivity index (χ0) is 14.9. The van der Waals surface area contributed by atoms with Crippen molar-refractivity contribution in [3.05, 3.63) is 22.7 Å². The second kappa shape index (κ2) is 5.86. The van der Waals surface area contributed by atoms with Crippen molar-refractivity contribution in [2.24, 2.45) is 0 Å². The Bertz CT molecular complexity index is 522. The van der Waals surface area contributed by atoms with Crippen molar-refractivity contribution in [1.82, 2.24) is 9.55 Å². The molecule has 1 saturated heterocycles. The van der Waals surface area contributed by atoms with Gasteiger partial charge >= 0.3 is 5.69 Å². The third kappa shape index (κ3) is 2.97. The Morgan fingerprint density at radius 1 is 1.65 bits per heavy atom. The van der Waals surface area contributed by atoms with Crippen molar-refractivity contribution in [2.75, 3.05) is 12.3 Å². The van der Waals surface area contributed by atoms with Gasteiger partial charge in [-0.05, 0) is 19.9 Å². The molecule has 0 amide bonds. The first-order chi connectivity index (χ1) is 9.40. The van der Waals surface area contributed by atoms with Crippen molar-refractivity contribution in [2.45, 2.75) is 44.6 Å². The second-order valence-corrected chi connectivity index (χ2v) is 4.92. The number of nitrogens with zero attached hydrogens (tertiary/aromatic N) is 2. The highest BCUT2D eigenvalue weighted by Crippen LogP contribution is 2.31. The monoisotopic (exact) mass is 287 g/mol. The molecule has 0 radical (unpaired) electrons. The van der Waals surface area contributed by atoms with Crippen LogP contribution in [0.5, 0.6) is 0 Å². The van der Waals surface area contributed by atoms with E-state index < -0.39 is 30.3 Å². The molecule has 112 valence electrons. The molecule has 8 heteroatoms. The summed E-state index contributed by atoms with van der Waals surface area (Å²) in [5.41, 5.74) is 4.64. The zero-order valence-electron chi connectivity index (χ0n) is 11.3. The first-order valence-electron chi connectivity index (χ1n) is 6.34. The molecule has 0 bridgehead atoms. The summed E-state index contributed by atoms with van der Waals surface area (Å²) < 4.78 is 25.7. The van der Waals surface area contributed by atoms with E-state index >= 15 is 0 Å². The number of hydrogen-bond donors (Lipinski definition) is 2. The fraction of sp³-hybridized carbons (Fsp3) is 0.667. The number of nitrogens with two attached hydrogens (primary N) is 1. The van der Waals surface area contributed by atoms with Crippen molar-refractivity contribution < 1.29 is 19.0 Å². The van der Waals surface area contributed by atoms with Crippen LogP contribution >= 0.6 is 0 Å². The van der Waals surface area contributed by atoms with Crippen LogP contribution in [0.3, 0.4) is 0 Å². The number of halogens is 1. The van der Waals surface area contributed by atoms with Gasteiger partial charge in [-0.15, -0.1) is 0 Å². The SMILES string of the molecule is CC(C)OC[C@H]1O[C@@H](n2ccc(N)nc2=O)[C@H](F)[C@@H]1O. The van der Waals surface area contributed by atoms with E-state index in [1.54, 1.807) is 0 Å². The Hall–Kier alpha value is -1.51. The molecule has 1 aromatic heterocycles. The van der Waals surface area contributed by atoms with Gasteiger partial charge in [0.05, 0.1) is 12.7 Å². The lowest BCUT2D eigenvalue weighted by atomic mass is 10.1. The normalized spacial score (nSPS) is 30.1. The molecule has 0 aliphatic carbocycles. The summed E-state index contributed by atoms with van der Waals surface area (Å²) in [6, 6.07) is 1.36. The van der Waals surface area contributed by atoms with Crippen LogP contribution in [0.1, 0.15) is 20.1 Å². The number of ether oxygens (including phenoxy) is 2. The van der Waals surface area contributed by atoms with Crippen LogP contribution in [0.15, 0.2) is 17.1 Å². The van der Waals surface area contributed by atoms with Crippen LogP contribution in [-0.2, 0) is 9.47 Å². The number of anilines is 1. The van der Waals surface area contributed by atoms with E-state index in [1.807, 2.05) is 13.8 Å². The summed E-state index contributed by atoms with van der Waals surface area (Å²) in [6.07, 6.45) is -3.93. The van der Waals surface area contributed by atoms with E-state index in [2.05, 4.69) is 4.98 Å². The third-order valence-corrected chi connectivity index (χ3v) is 3.01. The van der Waals surface area contributed by atoms with Gasteiger partial charge in [-0.3, -0.25) is 4.57 Å². The highest BCUT2D eigenvalue weighted by molar-refractivity contribution is 5.23. The van der Waals surface area contributed by atoms with Crippen LogP contribution in [0, 0.1) is 0 Å². The highest BCUT2D eigenvalue weighted by Gasteiger charge is 2.45. The molecule has 0 aromatic carbocycles. The van der Waals surface area contributed by atoms with Gasteiger partial charge in [0.25, 0.3) is 0 Å². The van der Waals surface area contributed by atoms with Gasteiger partial charge in [-0.2, -0.15) is 4.98 Å². The van der Waals surface area contributed by atoms with E-state index in [0.717, 1.165) is 4.57 Å². The van der Waals surface area contributed by atoms with Gasteiger partial charge < -0.3 is 20.3 Å². The predicted octanol–water partition coefficient (Wildman–Crippen LogP) is -0.153. The van der Waals surface area contributed by atoms with Crippen molar-refractivity contribution >= 4 is 5.82 Å². The van der Waals surface area contributed by atoms with Crippen molar-refractivity contribution in [1.29, 1.82) is 0 Å². The Morgan fingerprint density at radius 3 is 2.95 bits per heavy atom. The molecule has 1 fully saturated rings. The second-order valence-electron chi connectivity index (χ2n) is 4.92. The van der Waals surface area contributed by atoms with Crippen LogP contribution in [0.2, 0.25) is 0 Å². The number of hydrogen-bond acceptors (Lipinski definition) is 6. The number of aliphatic hydroxyl groups is 1. The van der Waals surface area contributed by atoms with E-state index in [-0.39, 0.29) is 18.5 Å². The summed E-state index contributed by atoms with van der Waals surface area (Å²) in [4.78, 5) is 15.2. The van der Waals surface area contributed by atoms with E-state index in [9.17, 15) is 14.3 Å². The molecule has 0 spiro atoms. The first kappa shape index (κ1) is 14.9. The average molecular weight is 287 g/mol. The number of aliphatic hydroxyl groups excluding tert-OH is 1. The van der Waals surface area contributed by atoms with Gasteiger partial charge in [-0.25, -0.2) is 9.18 Å². The summed E-state index contributed by atoms with van der Waals surface area (Å²) >= 11 is 0. The van der Waals surface area contributed by atoms with Gasteiger partial charge in [-0.1, -0.05) is 0 Å².